The number of rotatable bonds is 5. The van der Waals surface area contributed by atoms with Crippen LogP contribution in [0.2, 0.25) is 0 Å². The molecular formula is C17H33IN4. The molecule has 3 rings (SSSR count). The third-order valence-corrected chi connectivity index (χ3v) is 5.77. The second-order valence-electron chi connectivity index (χ2n) is 7.21. The highest BCUT2D eigenvalue weighted by Crippen LogP contribution is 2.45. The molecule has 22 heavy (non-hydrogen) atoms. The number of halogens is 1. The Kier molecular flexibility index (Phi) is 6.80. The zero-order valence-corrected chi connectivity index (χ0v) is 16.6. The highest BCUT2D eigenvalue weighted by atomic mass is 127. The molecule has 0 atom stereocenters. The first kappa shape index (κ1) is 18.3. The van der Waals surface area contributed by atoms with Crippen LogP contribution in [0, 0.1) is 5.41 Å². The van der Waals surface area contributed by atoms with Gasteiger partial charge in [0.25, 0.3) is 0 Å². The van der Waals surface area contributed by atoms with Gasteiger partial charge in [0.05, 0.1) is 0 Å². The van der Waals surface area contributed by atoms with Crippen LogP contribution in [0.15, 0.2) is 4.99 Å². The van der Waals surface area contributed by atoms with Gasteiger partial charge in [0, 0.05) is 39.3 Å². The van der Waals surface area contributed by atoms with Gasteiger partial charge in [-0.1, -0.05) is 19.8 Å². The standard InChI is InChI=1S/C17H32N4.HI/c1-3-20(15-6-7-15)13-11-19-16(18-2)21-12-10-17(14-21)8-4-5-9-17;/h15H,3-14H2,1-2H3,(H,18,19);1H. The summed E-state index contributed by atoms with van der Waals surface area (Å²) in [6.07, 6.45) is 9.92. The van der Waals surface area contributed by atoms with Crippen molar-refractivity contribution >= 4 is 29.9 Å². The summed E-state index contributed by atoms with van der Waals surface area (Å²) in [6.45, 7) is 8.06. The van der Waals surface area contributed by atoms with E-state index in [4.69, 9.17) is 0 Å². The number of hydrogen-bond donors (Lipinski definition) is 1. The van der Waals surface area contributed by atoms with E-state index < -0.39 is 0 Å². The van der Waals surface area contributed by atoms with Crippen LogP contribution in [-0.2, 0) is 0 Å². The minimum absolute atomic E-state index is 0. The van der Waals surface area contributed by atoms with Gasteiger partial charge in [-0.2, -0.15) is 0 Å². The zero-order chi connectivity index (χ0) is 14.7. The van der Waals surface area contributed by atoms with Crippen LogP contribution in [0.3, 0.4) is 0 Å². The predicted octanol–water partition coefficient (Wildman–Crippen LogP) is 2.93. The summed E-state index contributed by atoms with van der Waals surface area (Å²) in [5.74, 6) is 1.13. The highest BCUT2D eigenvalue weighted by Gasteiger charge is 2.41. The van der Waals surface area contributed by atoms with Crippen LogP contribution in [0.5, 0.6) is 0 Å². The Morgan fingerprint density at radius 2 is 2.00 bits per heavy atom. The molecule has 5 heteroatoms. The summed E-state index contributed by atoms with van der Waals surface area (Å²) in [5, 5.41) is 3.60. The molecule has 2 aliphatic carbocycles. The number of likely N-dealkylation sites (tertiary alicyclic amines) is 1. The Hall–Kier alpha value is -0.0400. The van der Waals surface area contributed by atoms with Crippen molar-refractivity contribution in [3.05, 3.63) is 0 Å². The molecule has 4 nitrogen and oxygen atoms in total. The lowest BCUT2D eigenvalue weighted by Crippen LogP contribution is -2.44. The van der Waals surface area contributed by atoms with Gasteiger partial charge < -0.3 is 10.2 Å². The molecule has 1 N–H and O–H groups in total. The molecule has 0 aromatic rings. The molecular weight excluding hydrogens is 387 g/mol. The number of guanidine groups is 1. The number of aliphatic imine (C=N–C) groups is 1. The first-order chi connectivity index (χ1) is 10.3. The van der Waals surface area contributed by atoms with Gasteiger partial charge in [0.2, 0.25) is 0 Å². The Morgan fingerprint density at radius 1 is 1.27 bits per heavy atom. The van der Waals surface area contributed by atoms with Crippen LogP contribution in [-0.4, -0.2) is 61.6 Å². The number of nitrogens with zero attached hydrogens (tertiary/aromatic N) is 3. The maximum Gasteiger partial charge on any atom is 0.193 e. The van der Waals surface area contributed by atoms with Crippen molar-refractivity contribution in [2.45, 2.75) is 57.9 Å². The minimum Gasteiger partial charge on any atom is -0.355 e. The van der Waals surface area contributed by atoms with E-state index in [0.717, 1.165) is 25.1 Å². The van der Waals surface area contributed by atoms with Gasteiger partial charge in [-0.3, -0.25) is 9.89 Å². The summed E-state index contributed by atoms with van der Waals surface area (Å²) < 4.78 is 0. The number of hydrogen-bond acceptors (Lipinski definition) is 2. The van der Waals surface area contributed by atoms with Crippen molar-refractivity contribution in [2.24, 2.45) is 10.4 Å². The van der Waals surface area contributed by atoms with E-state index in [2.05, 4.69) is 27.0 Å². The van der Waals surface area contributed by atoms with Gasteiger partial charge in [0.1, 0.15) is 0 Å². The number of nitrogens with one attached hydrogen (secondary N) is 1. The van der Waals surface area contributed by atoms with E-state index in [0.29, 0.717) is 5.41 Å². The van der Waals surface area contributed by atoms with Crippen molar-refractivity contribution in [1.29, 1.82) is 0 Å². The largest absolute Gasteiger partial charge is 0.355 e. The molecule has 1 saturated heterocycles. The maximum atomic E-state index is 4.52. The zero-order valence-electron chi connectivity index (χ0n) is 14.3. The fraction of sp³-hybridized carbons (Fsp3) is 0.941. The van der Waals surface area contributed by atoms with E-state index in [1.54, 1.807) is 0 Å². The average Bonchev–Trinajstić information content (AvgIpc) is 3.11. The monoisotopic (exact) mass is 420 g/mol. The summed E-state index contributed by atoms with van der Waals surface area (Å²) in [5.41, 5.74) is 0.626. The van der Waals surface area contributed by atoms with Crippen LogP contribution in [0.4, 0.5) is 0 Å². The van der Waals surface area contributed by atoms with Crippen molar-refractivity contribution in [2.75, 3.05) is 39.8 Å². The second kappa shape index (κ2) is 8.18. The topological polar surface area (TPSA) is 30.9 Å². The Balaban J connectivity index is 0.00000176. The van der Waals surface area contributed by atoms with E-state index in [-0.39, 0.29) is 24.0 Å². The van der Waals surface area contributed by atoms with Crippen molar-refractivity contribution in [3.63, 3.8) is 0 Å². The molecule has 128 valence electrons. The quantitative estimate of drug-likeness (QED) is 0.422. The molecule has 0 bridgehead atoms. The molecule has 1 spiro atoms. The first-order valence-electron chi connectivity index (χ1n) is 8.96. The summed E-state index contributed by atoms with van der Waals surface area (Å²) in [6, 6.07) is 0.868. The lowest BCUT2D eigenvalue weighted by molar-refractivity contribution is 0.279. The third-order valence-electron chi connectivity index (χ3n) is 5.77. The van der Waals surface area contributed by atoms with Crippen LogP contribution >= 0.6 is 24.0 Å². The van der Waals surface area contributed by atoms with Crippen LogP contribution in [0.1, 0.15) is 51.9 Å². The predicted molar refractivity (Wildman–Crippen MR) is 104 cm³/mol. The average molecular weight is 420 g/mol. The van der Waals surface area contributed by atoms with Crippen LogP contribution in [0.25, 0.3) is 0 Å². The lowest BCUT2D eigenvalue weighted by atomic mass is 9.86. The molecule has 1 heterocycles. The van der Waals surface area contributed by atoms with Crippen LogP contribution < -0.4 is 5.32 Å². The summed E-state index contributed by atoms with van der Waals surface area (Å²) in [7, 11) is 1.93. The van der Waals surface area contributed by atoms with E-state index in [1.165, 1.54) is 64.6 Å². The van der Waals surface area contributed by atoms with Gasteiger partial charge in [-0.15, -0.1) is 24.0 Å². The molecule has 3 fully saturated rings. The molecule has 2 saturated carbocycles. The second-order valence-corrected chi connectivity index (χ2v) is 7.21. The molecule has 0 aromatic carbocycles. The van der Waals surface area contributed by atoms with Gasteiger partial charge in [-0.25, -0.2) is 0 Å². The number of likely N-dealkylation sites (N-methyl/N-ethyl adjacent to an activating group) is 1. The van der Waals surface area contributed by atoms with E-state index >= 15 is 0 Å². The molecule has 0 unspecified atom stereocenters. The fourth-order valence-electron chi connectivity index (χ4n) is 4.33. The highest BCUT2D eigenvalue weighted by molar-refractivity contribution is 14.0. The summed E-state index contributed by atoms with van der Waals surface area (Å²) >= 11 is 0. The molecule has 3 aliphatic rings. The van der Waals surface area contributed by atoms with E-state index in [1.807, 2.05) is 7.05 Å². The maximum absolute atomic E-state index is 4.52. The van der Waals surface area contributed by atoms with Gasteiger partial charge in [0.15, 0.2) is 5.96 Å². The molecule has 0 radical (unpaired) electrons. The Bertz CT molecular complexity index is 375. The normalized spacial score (nSPS) is 24.1. The van der Waals surface area contributed by atoms with E-state index in [9.17, 15) is 0 Å². The first-order valence-corrected chi connectivity index (χ1v) is 8.96. The Morgan fingerprint density at radius 3 is 2.59 bits per heavy atom. The minimum atomic E-state index is 0. The van der Waals surface area contributed by atoms with Crippen molar-refractivity contribution < 1.29 is 0 Å². The van der Waals surface area contributed by atoms with Crippen molar-refractivity contribution in [3.8, 4) is 0 Å². The smallest absolute Gasteiger partial charge is 0.193 e. The van der Waals surface area contributed by atoms with Crippen molar-refractivity contribution in [1.82, 2.24) is 15.1 Å². The SMILES string of the molecule is CCN(CCNC(=NC)N1CCC2(CCCC2)C1)C1CC1.I. The third kappa shape index (κ3) is 4.28. The summed E-state index contributed by atoms with van der Waals surface area (Å²) in [4.78, 5) is 9.62. The Labute approximate surface area is 153 Å². The molecule has 1 aliphatic heterocycles. The lowest BCUT2D eigenvalue weighted by Gasteiger charge is -2.27. The van der Waals surface area contributed by atoms with Gasteiger partial charge in [-0.05, 0) is 44.1 Å². The fourth-order valence-corrected chi connectivity index (χ4v) is 4.33. The molecule has 0 amide bonds. The van der Waals surface area contributed by atoms with Gasteiger partial charge >= 0.3 is 0 Å². The molecule has 0 aromatic heterocycles.